The standard InChI is InChI=1S/C31H33N3O4.C2HF3O2/c32-29(35)24-10-3-6-13-28(24)38-19-7-16-34-17-14-21(15-18-34)27(20-34)33-30(36)31(37)25-11-4-1-8-22(25)23-9-2-5-12-26(23)31;3-2(4,5)1(6)7/h1-6,8-13,21,27,37H,7,14-20H2,(H2-,32,33,35,36);(H,6,7)/t21?,27-,34?;/m0./s1. The zero-order valence-corrected chi connectivity index (χ0v) is 24.4. The summed E-state index contributed by atoms with van der Waals surface area (Å²) in [6.45, 7) is 4.47. The normalized spacial score (nSPS) is 22.3. The number of halogens is 3. The molecule has 3 aromatic carbocycles. The van der Waals surface area contributed by atoms with Gasteiger partial charge in [0.25, 0.3) is 11.8 Å². The number of piperidine rings is 3. The second kappa shape index (κ2) is 12.5. The maximum absolute atomic E-state index is 13.8. The van der Waals surface area contributed by atoms with E-state index in [2.05, 4.69) is 5.32 Å². The number of carboxylic acid groups (broad SMARTS) is 1. The quantitative estimate of drug-likeness (QED) is 0.260. The lowest BCUT2D eigenvalue weighted by atomic mass is 9.80. The Balaban J connectivity index is 0.000000515. The first-order chi connectivity index (χ1) is 21.4. The number of hydrogen-bond donors (Lipinski definition) is 3. The fraction of sp³-hybridized carbons (Fsp3) is 0.364. The number of nitrogens with one attached hydrogen (secondary N) is 1. The summed E-state index contributed by atoms with van der Waals surface area (Å²) >= 11 is 0. The maximum Gasteiger partial charge on any atom is 0.430 e. The number of para-hydroxylation sites is 1. The number of fused-ring (bicyclic) bond motifs is 6. The highest BCUT2D eigenvalue weighted by molar-refractivity contribution is 5.99. The number of hydrogen-bond acceptors (Lipinski definition) is 6. The summed E-state index contributed by atoms with van der Waals surface area (Å²) in [5.41, 5.74) is 7.31. The predicted molar refractivity (Wildman–Crippen MR) is 155 cm³/mol. The molecule has 3 aliphatic heterocycles. The molecule has 7 rings (SSSR count). The van der Waals surface area contributed by atoms with Crippen LogP contribution in [-0.4, -0.2) is 72.4 Å². The number of benzene rings is 3. The SMILES string of the molecule is NC(=O)c1ccccc1OCCC[N+]12CCC(CC1)[C@@H](NC(=O)C1(O)c3ccccc3-c3ccccc31)C2.O=C([O-])C(F)(F)F. The first-order valence-electron chi connectivity index (χ1n) is 14.7. The van der Waals surface area contributed by atoms with Gasteiger partial charge < -0.3 is 35.3 Å². The number of nitrogens with two attached hydrogens (primary N) is 1. The number of quaternary nitrogens is 1. The molecule has 2 bridgehead atoms. The van der Waals surface area contributed by atoms with Gasteiger partial charge in [-0.1, -0.05) is 60.7 Å². The summed E-state index contributed by atoms with van der Waals surface area (Å²) < 4.78 is 38.4. The fourth-order valence-corrected chi connectivity index (χ4v) is 6.87. The van der Waals surface area contributed by atoms with E-state index in [1.807, 2.05) is 54.6 Å². The van der Waals surface area contributed by atoms with E-state index in [0.717, 1.165) is 61.1 Å². The molecule has 1 aliphatic carbocycles. The molecular formula is C33H34F3N3O6. The van der Waals surface area contributed by atoms with E-state index in [1.54, 1.807) is 18.2 Å². The molecule has 3 fully saturated rings. The second-order valence-electron chi connectivity index (χ2n) is 11.8. The summed E-state index contributed by atoms with van der Waals surface area (Å²) in [4.78, 5) is 34.3. The van der Waals surface area contributed by atoms with Gasteiger partial charge in [0.15, 0.2) is 5.60 Å². The van der Waals surface area contributed by atoms with Crippen molar-refractivity contribution in [2.45, 2.75) is 37.1 Å². The fourth-order valence-electron chi connectivity index (χ4n) is 6.87. The predicted octanol–water partition coefficient (Wildman–Crippen LogP) is 2.49. The third-order valence-corrected chi connectivity index (χ3v) is 9.09. The van der Waals surface area contributed by atoms with Gasteiger partial charge in [0, 0.05) is 30.4 Å². The molecule has 0 saturated carbocycles. The number of carbonyl (C=O) groups is 3. The van der Waals surface area contributed by atoms with Crippen molar-refractivity contribution in [3.8, 4) is 16.9 Å². The van der Waals surface area contributed by atoms with Crippen molar-refractivity contribution < 1.29 is 47.0 Å². The van der Waals surface area contributed by atoms with Crippen LogP contribution in [0.3, 0.4) is 0 Å². The number of carbonyl (C=O) groups excluding carboxylic acids is 3. The molecule has 0 spiro atoms. The highest BCUT2D eigenvalue weighted by Gasteiger charge is 2.51. The topological polar surface area (TPSA) is 142 Å². The smallest absolute Gasteiger partial charge is 0.430 e. The Morgan fingerprint density at radius 2 is 1.49 bits per heavy atom. The lowest BCUT2D eigenvalue weighted by molar-refractivity contribution is -0.944. The highest BCUT2D eigenvalue weighted by Crippen LogP contribution is 2.47. The second-order valence-corrected chi connectivity index (χ2v) is 11.8. The van der Waals surface area contributed by atoms with Gasteiger partial charge in [-0.15, -0.1) is 0 Å². The molecule has 0 aromatic heterocycles. The number of primary amides is 1. The molecule has 3 saturated heterocycles. The molecule has 45 heavy (non-hydrogen) atoms. The van der Waals surface area contributed by atoms with Crippen molar-refractivity contribution in [3.63, 3.8) is 0 Å². The zero-order valence-electron chi connectivity index (χ0n) is 24.4. The van der Waals surface area contributed by atoms with Crippen molar-refractivity contribution in [1.82, 2.24) is 5.32 Å². The van der Waals surface area contributed by atoms with Crippen molar-refractivity contribution in [2.75, 3.05) is 32.8 Å². The van der Waals surface area contributed by atoms with Crippen LogP contribution in [0.2, 0.25) is 0 Å². The van der Waals surface area contributed by atoms with Crippen LogP contribution in [-0.2, 0) is 15.2 Å². The van der Waals surface area contributed by atoms with Gasteiger partial charge in [0.05, 0.1) is 44.4 Å². The van der Waals surface area contributed by atoms with Gasteiger partial charge in [0.2, 0.25) is 0 Å². The monoisotopic (exact) mass is 625 g/mol. The highest BCUT2D eigenvalue weighted by atomic mass is 19.4. The van der Waals surface area contributed by atoms with Crippen LogP contribution in [0.15, 0.2) is 72.8 Å². The van der Waals surface area contributed by atoms with E-state index in [4.69, 9.17) is 20.4 Å². The van der Waals surface area contributed by atoms with Gasteiger partial charge in [-0.3, -0.25) is 9.59 Å². The molecule has 4 aliphatic rings. The lowest BCUT2D eigenvalue weighted by Gasteiger charge is -2.53. The average molecular weight is 626 g/mol. The lowest BCUT2D eigenvalue weighted by Crippen LogP contribution is -2.68. The molecular weight excluding hydrogens is 591 g/mol. The number of alkyl halides is 3. The summed E-state index contributed by atoms with van der Waals surface area (Å²) in [6, 6.07) is 22.4. The van der Waals surface area contributed by atoms with Crippen molar-refractivity contribution in [2.24, 2.45) is 11.7 Å². The van der Waals surface area contributed by atoms with Gasteiger partial charge in [0.1, 0.15) is 11.7 Å². The molecule has 1 atom stereocenters. The number of nitrogens with zero attached hydrogens (tertiary/aromatic N) is 1. The van der Waals surface area contributed by atoms with Crippen molar-refractivity contribution in [3.05, 3.63) is 89.5 Å². The Morgan fingerprint density at radius 1 is 0.956 bits per heavy atom. The largest absolute Gasteiger partial charge is 0.542 e. The number of carboxylic acids is 1. The van der Waals surface area contributed by atoms with Gasteiger partial charge in [-0.2, -0.15) is 13.2 Å². The number of aliphatic carboxylic acids is 1. The van der Waals surface area contributed by atoms with Crippen LogP contribution in [0.5, 0.6) is 5.75 Å². The van der Waals surface area contributed by atoms with E-state index in [1.165, 1.54) is 0 Å². The molecule has 0 radical (unpaired) electrons. The van der Waals surface area contributed by atoms with E-state index >= 15 is 0 Å². The van der Waals surface area contributed by atoms with Crippen molar-refractivity contribution >= 4 is 17.8 Å². The molecule has 12 heteroatoms. The zero-order chi connectivity index (χ0) is 32.4. The minimum atomic E-state index is -5.19. The minimum Gasteiger partial charge on any atom is -0.542 e. The third kappa shape index (κ3) is 6.38. The van der Waals surface area contributed by atoms with E-state index in [-0.39, 0.29) is 11.9 Å². The number of rotatable bonds is 8. The van der Waals surface area contributed by atoms with Crippen LogP contribution in [0, 0.1) is 5.92 Å². The summed E-state index contributed by atoms with van der Waals surface area (Å²) in [7, 11) is 0. The van der Waals surface area contributed by atoms with Crippen LogP contribution >= 0.6 is 0 Å². The summed E-state index contributed by atoms with van der Waals surface area (Å²) in [5.74, 6) is -2.89. The van der Waals surface area contributed by atoms with Crippen LogP contribution < -0.4 is 20.9 Å². The van der Waals surface area contributed by atoms with E-state index in [0.29, 0.717) is 35.0 Å². The molecule has 3 heterocycles. The number of aliphatic hydroxyl groups is 1. The molecule has 238 valence electrons. The first kappa shape index (κ1) is 32.0. The van der Waals surface area contributed by atoms with Gasteiger partial charge >= 0.3 is 6.18 Å². The molecule has 9 nitrogen and oxygen atoms in total. The Bertz CT molecular complexity index is 1540. The molecule has 0 unspecified atom stereocenters. The van der Waals surface area contributed by atoms with Crippen LogP contribution in [0.1, 0.15) is 40.7 Å². The minimum absolute atomic E-state index is 0.0189. The Kier molecular flexibility index (Phi) is 8.90. The average Bonchev–Trinajstić information content (AvgIpc) is 3.29. The summed E-state index contributed by atoms with van der Waals surface area (Å²) in [5, 5.41) is 24.0. The maximum atomic E-state index is 13.8. The van der Waals surface area contributed by atoms with Gasteiger partial charge in [-0.05, 0) is 29.2 Å². The third-order valence-electron chi connectivity index (χ3n) is 9.09. The summed E-state index contributed by atoms with van der Waals surface area (Å²) in [6.07, 6.45) is -2.24. The molecule has 2 amide bonds. The molecule has 3 aromatic rings. The van der Waals surface area contributed by atoms with Crippen molar-refractivity contribution in [1.29, 1.82) is 0 Å². The van der Waals surface area contributed by atoms with Crippen LogP contribution in [0.25, 0.3) is 11.1 Å². The van der Waals surface area contributed by atoms with Gasteiger partial charge in [-0.25, -0.2) is 0 Å². The Hall–Kier alpha value is -4.42. The Labute approximate surface area is 258 Å². The Morgan fingerprint density at radius 3 is 2.04 bits per heavy atom. The van der Waals surface area contributed by atoms with E-state index in [9.17, 15) is 27.9 Å². The number of ether oxygens (including phenoxy) is 1. The van der Waals surface area contributed by atoms with Crippen LogP contribution in [0.4, 0.5) is 13.2 Å². The molecule has 4 N–H and O–H groups in total. The number of amides is 2. The first-order valence-corrected chi connectivity index (χ1v) is 14.7. The van der Waals surface area contributed by atoms with E-state index < -0.39 is 23.7 Å².